The maximum absolute atomic E-state index is 14.3. The van der Waals surface area contributed by atoms with E-state index in [9.17, 15) is 22.0 Å². The first kappa shape index (κ1) is 20.8. The summed E-state index contributed by atoms with van der Waals surface area (Å²) in [7, 11) is 0. The number of ether oxygens (including phenoxy) is 4. The van der Waals surface area contributed by atoms with Crippen LogP contribution < -0.4 is 29.6 Å². The van der Waals surface area contributed by atoms with Crippen LogP contribution in [0.15, 0.2) is 42.6 Å². The summed E-state index contributed by atoms with van der Waals surface area (Å²) < 4.78 is 86.7. The van der Waals surface area contributed by atoms with Crippen molar-refractivity contribution >= 4 is 23.1 Å². The summed E-state index contributed by atoms with van der Waals surface area (Å²) in [6.45, 7) is 0.806. The number of fused-ring (bicyclic) bond motifs is 2. The highest BCUT2D eigenvalue weighted by Crippen LogP contribution is 2.47. The average molecular weight is 468 g/mol. The van der Waals surface area contributed by atoms with E-state index in [4.69, 9.17) is 9.47 Å². The molecule has 0 unspecified atom stereocenters. The molecule has 1 aromatic heterocycles. The molecule has 2 N–H and O–H groups in total. The predicted molar refractivity (Wildman–Crippen MR) is 104 cm³/mol. The molecule has 2 aliphatic heterocycles. The molecule has 5 rings (SSSR count). The van der Waals surface area contributed by atoms with E-state index < -0.39 is 29.5 Å². The second-order valence-electron chi connectivity index (χ2n) is 6.90. The van der Waals surface area contributed by atoms with E-state index in [1.54, 1.807) is 18.2 Å². The average Bonchev–Trinajstić information content (AvgIpc) is 2.77. The number of aromatic nitrogens is 2. The molecule has 0 fully saturated rings. The first-order chi connectivity index (χ1) is 15.7. The first-order valence-electron chi connectivity index (χ1n) is 9.44. The molecular formula is C20H13F5N4O4. The van der Waals surface area contributed by atoms with E-state index in [2.05, 4.69) is 30.1 Å². The van der Waals surface area contributed by atoms with Crippen molar-refractivity contribution in [2.24, 2.45) is 0 Å². The number of anilines is 4. The summed E-state index contributed by atoms with van der Waals surface area (Å²) in [6.07, 6.45) is -8.78. The molecule has 3 aromatic rings. The summed E-state index contributed by atoms with van der Waals surface area (Å²) in [5.74, 6) is -1.21. The standard InChI is InChI=1S/C20H13F5N4O4/c21-12-9-26-18(29-17(12)27-10-1-3-13-15(7-10)31-6-5-30-13)28-11-2-4-14-16(8-11)33-20(24,25)19(22,23)32-14/h1-4,7-9H,5-6H2,(H2,26,27,28,29). The lowest BCUT2D eigenvalue weighted by atomic mass is 10.2. The maximum atomic E-state index is 14.3. The fourth-order valence-corrected chi connectivity index (χ4v) is 3.05. The molecule has 0 radical (unpaired) electrons. The van der Waals surface area contributed by atoms with Gasteiger partial charge in [0.2, 0.25) is 5.95 Å². The fourth-order valence-electron chi connectivity index (χ4n) is 3.05. The van der Waals surface area contributed by atoms with Gasteiger partial charge in [0.05, 0.1) is 6.20 Å². The van der Waals surface area contributed by atoms with Crippen LogP contribution in [-0.2, 0) is 0 Å². The van der Waals surface area contributed by atoms with Crippen molar-refractivity contribution in [2.75, 3.05) is 23.8 Å². The second kappa shape index (κ2) is 7.53. The number of nitrogens with zero attached hydrogens (tertiary/aromatic N) is 2. The minimum Gasteiger partial charge on any atom is -0.486 e. The van der Waals surface area contributed by atoms with Gasteiger partial charge in [-0.25, -0.2) is 9.37 Å². The molecule has 2 aliphatic rings. The van der Waals surface area contributed by atoms with Gasteiger partial charge in [0.25, 0.3) is 0 Å². The van der Waals surface area contributed by atoms with E-state index in [1.807, 2.05) is 0 Å². The van der Waals surface area contributed by atoms with Crippen molar-refractivity contribution in [3.8, 4) is 23.0 Å². The van der Waals surface area contributed by atoms with Crippen LogP contribution in [0, 0.1) is 5.82 Å². The third-order valence-corrected chi connectivity index (χ3v) is 4.56. The van der Waals surface area contributed by atoms with Crippen molar-refractivity contribution in [2.45, 2.75) is 12.2 Å². The molecule has 0 saturated carbocycles. The van der Waals surface area contributed by atoms with Gasteiger partial charge in [-0.1, -0.05) is 0 Å². The van der Waals surface area contributed by atoms with Gasteiger partial charge in [0, 0.05) is 23.5 Å². The van der Waals surface area contributed by atoms with E-state index >= 15 is 0 Å². The highest BCUT2D eigenvalue weighted by molar-refractivity contribution is 5.64. The smallest absolute Gasteiger partial charge is 0.486 e. The first-order valence-corrected chi connectivity index (χ1v) is 9.44. The van der Waals surface area contributed by atoms with E-state index in [-0.39, 0.29) is 17.5 Å². The van der Waals surface area contributed by atoms with Crippen molar-refractivity contribution < 1.29 is 40.9 Å². The van der Waals surface area contributed by atoms with Crippen molar-refractivity contribution in [1.82, 2.24) is 9.97 Å². The Kier molecular flexibility index (Phi) is 4.76. The van der Waals surface area contributed by atoms with Crippen LogP contribution in [-0.4, -0.2) is 35.4 Å². The predicted octanol–water partition coefficient (Wildman–Crippen LogP) is 4.83. The highest BCUT2D eigenvalue weighted by atomic mass is 19.3. The van der Waals surface area contributed by atoms with Crippen LogP contribution in [0.3, 0.4) is 0 Å². The quantitative estimate of drug-likeness (QED) is 0.527. The van der Waals surface area contributed by atoms with Gasteiger partial charge in [0.1, 0.15) is 13.2 Å². The third-order valence-electron chi connectivity index (χ3n) is 4.56. The Labute approximate surface area is 182 Å². The van der Waals surface area contributed by atoms with Gasteiger partial charge in [-0.15, -0.1) is 0 Å². The molecule has 0 atom stereocenters. The number of halogens is 5. The summed E-state index contributed by atoms with van der Waals surface area (Å²) in [5.41, 5.74) is 0.570. The van der Waals surface area contributed by atoms with Crippen molar-refractivity contribution in [3.63, 3.8) is 0 Å². The Balaban J connectivity index is 1.36. The van der Waals surface area contributed by atoms with Gasteiger partial charge in [-0.3, -0.25) is 0 Å². The summed E-state index contributed by atoms with van der Waals surface area (Å²) in [6, 6.07) is 8.17. The normalized spacial score (nSPS) is 17.2. The van der Waals surface area contributed by atoms with Crippen LogP contribution in [0.25, 0.3) is 0 Å². The number of hydrogen-bond acceptors (Lipinski definition) is 8. The van der Waals surface area contributed by atoms with Gasteiger partial charge in [0.15, 0.2) is 34.6 Å². The number of hydrogen-bond donors (Lipinski definition) is 2. The zero-order valence-corrected chi connectivity index (χ0v) is 16.4. The lowest BCUT2D eigenvalue weighted by Gasteiger charge is -2.31. The molecule has 0 amide bonds. The van der Waals surface area contributed by atoms with Crippen LogP contribution in [0.2, 0.25) is 0 Å². The zero-order valence-electron chi connectivity index (χ0n) is 16.4. The van der Waals surface area contributed by atoms with Gasteiger partial charge in [-0.2, -0.15) is 22.5 Å². The topological polar surface area (TPSA) is 86.8 Å². The molecule has 0 saturated heterocycles. The van der Waals surface area contributed by atoms with Crippen molar-refractivity contribution in [3.05, 3.63) is 48.4 Å². The molecule has 172 valence electrons. The number of nitrogens with one attached hydrogen (secondary N) is 2. The summed E-state index contributed by atoms with van der Waals surface area (Å²) >= 11 is 0. The Morgan fingerprint density at radius 3 is 2.12 bits per heavy atom. The third kappa shape index (κ3) is 3.97. The van der Waals surface area contributed by atoms with Crippen LogP contribution in [0.5, 0.6) is 23.0 Å². The van der Waals surface area contributed by atoms with E-state index in [1.165, 1.54) is 6.07 Å². The minimum atomic E-state index is -4.86. The number of rotatable bonds is 4. The van der Waals surface area contributed by atoms with Gasteiger partial charge >= 0.3 is 12.2 Å². The molecule has 3 heterocycles. The molecule has 33 heavy (non-hydrogen) atoms. The van der Waals surface area contributed by atoms with Gasteiger partial charge < -0.3 is 29.6 Å². The lowest BCUT2D eigenvalue weighted by Crippen LogP contribution is -2.52. The molecular weight excluding hydrogens is 455 g/mol. The Bertz CT molecular complexity index is 1230. The fraction of sp³-hybridized carbons (Fsp3) is 0.200. The maximum Gasteiger partial charge on any atom is 0.507 e. The Morgan fingerprint density at radius 2 is 1.36 bits per heavy atom. The molecule has 0 aliphatic carbocycles. The zero-order chi connectivity index (χ0) is 23.2. The highest BCUT2D eigenvalue weighted by Gasteiger charge is 2.65. The minimum absolute atomic E-state index is 0.106. The molecule has 0 spiro atoms. The lowest BCUT2D eigenvalue weighted by molar-refractivity contribution is -0.391. The Hall–Kier alpha value is -4.03. The van der Waals surface area contributed by atoms with Crippen molar-refractivity contribution in [1.29, 1.82) is 0 Å². The number of benzene rings is 2. The van der Waals surface area contributed by atoms with E-state index in [0.29, 0.717) is 30.4 Å². The molecule has 8 nitrogen and oxygen atoms in total. The number of alkyl halides is 4. The van der Waals surface area contributed by atoms with Crippen LogP contribution in [0.4, 0.5) is 45.1 Å². The van der Waals surface area contributed by atoms with E-state index in [0.717, 1.165) is 18.3 Å². The molecule has 0 bridgehead atoms. The Morgan fingerprint density at radius 1 is 0.758 bits per heavy atom. The summed E-state index contributed by atoms with van der Waals surface area (Å²) in [5, 5.41) is 5.45. The molecule has 13 heteroatoms. The van der Waals surface area contributed by atoms with Crippen LogP contribution >= 0.6 is 0 Å². The van der Waals surface area contributed by atoms with Gasteiger partial charge in [-0.05, 0) is 24.3 Å². The second-order valence-corrected chi connectivity index (χ2v) is 6.90. The van der Waals surface area contributed by atoms with Crippen LogP contribution in [0.1, 0.15) is 0 Å². The SMILES string of the molecule is Fc1cnc(Nc2ccc3c(c2)OC(F)(F)C(F)(F)O3)nc1Nc1ccc2c(c1)OCCO2. The monoisotopic (exact) mass is 468 g/mol. The summed E-state index contributed by atoms with van der Waals surface area (Å²) in [4.78, 5) is 7.81. The largest absolute Gasteiger partial charge is 0.507 e. The molecule has 2 aromatic carbocycles.